The Morgan fingerprint density at radius 3 is 2.16 bits per heavy atom. The van der Waals surface area contributed by atoms with Crippen LogP contribution in [0.4, 0.5) is 5.69 Å². The van der Waals surface area contributed by atoms with E-state index in [0.717, 1.165) is 10.1 Å². The van der Waals surface area contributed by atoms with Crippen molar-refractivity contribution in [3.05, 3.63) is 180 Å². The first kappa shape index (κ1) is 29.3. The number of aromatic nitrogens is 1. The molecule has 0 fully saturated rings. The molecule has 2 nitrogen and oxygen atoms in total. The molecule has 0 amide bonds. The highest BCUT2D eigenvalue weighted by molar-refractivity contribution is 14.2. The van der Waals surface area contributed by atoms with Crippen LogP contribution in [0.15, 0.2) is 169 Å². The number of benzene rings is 8. The zero-order chi connectivity index (χ0) is 33.5. The van der Waals surface area contributed by atoms with Gasteiger partial charge in [-0.05, 0) is 57.6 Å². The highest BCUT2D eigenvalue weighted by Crippen LogP contribution is 2.48. The predicted octanol–water partition coefficient (Wildman–Crippen LogP) is 13.1. The third-order valence-corrected chi connectivity index (χ3v) is 14.6. The maximum Gasteiger partial charge on any atom is 0.0716 e. The lowest BCUT2D eigenvalue weighted by Gasteiger charge is -2.13. The molecule has 0 radical (unpaired) electrons. The lowest BCUT2D eigenvalue weighted by molar-refractivity contribution is 1.18. The van der Waals surface area contributed by atoms with Crippen LogP contribution in [0.2, 0.25) is 0 Å². The minimum absolute atomic E-state index is 0.375. The quantitative estimate of drug-likeness (QED) is 0.126. The molecule has 51 heavy (non-hydrogen) atoms. The third-order valence-electron chi connectivity index (χ3n) is 10.3. The van der Waals surface area contributed by atoms with Crippen LogP contribution in [-0.4, -0.2) is 18.2 Å². The molecule has 11 rings (SSSR count). The molecule has 0 spiro atoms. The van der Waals surface area contributed by atoms with Gasteiger partial charge < -0.3 is 4.57 Å². The van der Waals surface area contributed by atoms with Gasteiger partial charge in [-0.2, -0.15) is 0 Å². The Balaban J connectivity index is 1.14. The average Bonchev–Trinajstić information content (AvgIpc) is 3.68. The molecule has 1 aliphatic heterocycles. The zero-order valence-electron chi connectivity index (χ0n) is 27.5. The number of aliphatic imine (C=N–C) groups is 1. The smallest absolute Gasteiger partial charge is 0.0716 e. The van der Waals surface area contributed by atoms with Gasteiger partial charge in [0.1, 0.15) is 0 Å². The van der Waals surface area contributed by atoms with Crippen LogP contribution in [0, 0.1) is 0 Å². The van der Waals surface area contributed by atoms with Crippen LogP contribution >= 0.6 is 32.1 Å². The summed E-state index contributed by atoms with van der Waals surface area (Å²) in [6.07, 6.45) is 0. The van der Waals surface area contributed by atoms with E-state index in [1.54, 1.807) is 0 Å². The highest BCUT2D eigenvalue weighted by Gasteiger charge is 2.22. The number of nitrogens with zero attached hydrogens (tertiary/aromatic N) is 2. The summed E-state index contributed by atoms with van der Waals surface area (Å²) in [4.78, 5) is 5.44. The number of fused-ring (bicyclic) bond motifs is 12. The standard InChI is InChI=1S/C47H29IN2S/c1-2-17-32-29(13-1)14-12-23-34(32)45-36-20-5-8-24-39(36)49-40(28-48-45)30-15-11-16-31(27-30)50-41-25-9-6-21-37(41)44-46(50)35-19-4-3-18-33(35)43-38-22-7-10-26-42(38)51-47(43)44/h1-27H,28H2. The molecule has 0 aliphatic carbocycles. The molecule has 240 valence electrons. The molecule has 8 aromatic carbocycles. The van der Waals surface area contributed by atoms with Gasteiger partial charge in [-0.3, -0.25) is 4.99 Å². The van der Waals surface area contributed by atoms with Crippen molar-refractivity contribution in [3.8, 4) is 5.69 Å². The minimum Gasteiger partial charge on any atom is -0.309 e. The van der Waals surface area contributed by atoms with Crippen molar-refractivity contribution in [3.63, 3.8) is 0 Å². The van der Waals surface area contributed by atoms with Gasteiger partial charge in [0.15, 0.2) is 0 Å². The summed E-state index contributed by atoms with van der Waals surface area (Å²) >= 11 is 1.54. The number of hydrogen-bond donors (Lipinski definition) is 0. The van der Waals surface area contributed by atoms with E-state index in [1.807, 2.05) is 11.3 Å². The second-order valence-corrected chi connectivity index (χ2v) is 16.8. The van der Waals surface area contributed by atoms with Crippen LogP contribution in [-0.2, 0) is 0 Å². The van der Waals surface area contributed by atoms with Gasteiger partial charge in [0, 0.05) is 55.5 Å². The minimum atomic E-state index is -0.375. The second-order valence-electron chi connectivity index (χ2n) is 13.2. The Kier molecular flexibility index (Phi) is 6.64. The normalized spacial score (nSPS) is 13.4. The maximum atomic E-state index is 5.44. The molecule has 0 atom stereocenters. The number of alkyl halides is 1. The maximum absolute atomic E-state index is 5.44. The van der Waals surface area contributed by atoms with Gasteiger partial charge in [-0.15, -0.1) is 32.1 Å². The van der Waals surface area contributed by atoms with Gasteiger partial charge in [-0.25, -0.2) is 0 Å². The first-order valence-corrected chi connectivity index (χ1v) is 20.7. The van der Waals surface area contributed by atoms with Crippen molar-refractivity contribution in [2.24, 2.45) is 4.99 Å². The summed E-state index contributed by atoms with van der Waals surface area (Å²) in [6.45, 7) is 0. The summed E-state index contributed by atoms with van der Waals surface area (Å²) in [5.74, 6) is 0. The molecule has 2 aromatic heterocycles. The highest BCUT2D eigenvalue weighted by atomic mass is 127. The zero-order valence-corrected chi connectivity index (χ0v) is 30.5. The first-order chi connectivity index (χ1) is 25.3. The van der Waals surface area contributed by atoms with Gasteiger partial charge >= 0.3 is 0 Å². The molecular formula is C47H29IN2S. The van der Waals surface area contributed by atoms with Crippen LogP contribution in [0.5, 0.6) is 0 Å². The lowest BCUT2D eigenvalue weighted by Crippen LogP contribution is -2.04. The number of para-hydroxylation sites is 2. The van der Waals surface area contributed by atoms with E-state index in [1.165, 1.54) is 95.1 Å². The Hall–Kier alpha value is -5.43. The second kappa shape index (κ2) is 11.6. The molecule has 0 bridgehead atoms. The monoisotopic (exact) mass is 780 g/mol. The largest absolute Gasteiger partial charge is 0.309 e. The molecule has 0 saturated carbocycles. The van der Waals surface area contributed by atoms with E-state index in [9.17, 15) is 0 Å². The molecule has 10 aromatic rings. The van der Waals surface area contributed by atoms with E-state index in [4.69, 9.17) is 4.99 Å². The van der Waals surface area contributed by atoms with E-state index in [2.05, 4.69) is 168 Å². The van der Waals surface area contributed by atoms with Crippen LogP contribution in [0.1, 0.15) is 16.7 Å². The number of halogens is 1. The van der Waals surface area contributed by atoms with Crippen LogP contribution in [0.25, 0.3) is 69.2 Å². The molecule has 1 aliphatic rings. The molecular weight excluding hydrogens is 752 g/mol. The summed E-state index contributed by atoms with van der Waals surface area (Å²) in [5.41, 5.74) is 9.72. The Morgan fingerprint density at radius 2 is 1.24 bits per heavy atom. The SMILES string of the molecule is c1cc(C2=Nc3ccccc3C(c3cccc4ccccc34)=IC2)cc(-n2c3ccccc3c3c4sc5ccccc5c4c4ccccc4c32)c1. The first-order valence-electron chi connectivity index (χ1n) is 17.3. The topological polar surface area (TPSA) is 17.3 Å². The van der Waals surface area contributed by atoms with Crippen LogP contribution in [0.3, 0.4) is 0 Å². The van der Waals surface area contributed by atoms with Gasteiger partial charge in [0.25, 0.3) is 0 Å². The summed E-state index contributed by atoms with van der Waals surface area (Å²) in [6, 6.07) is 60.2. The molecule has 3 heterocycles. The van der Waals surface area contributed by atoms with Crippen molar-refractivity contribution < 1.29 is 0 Å². The fraction of sp³-hybridized carbons (Fsp3) is 0.0213. The van der Waals surface area contributed by atoms with E-state index >= 15 is 0 Å². The number of hydrogen-bond acceptors (Lipinski definition) is 2. The Labute approximate surface area is 308 Å². The van der Waals surface area contributed by atoms with E-state index < -0.39 is 0 Å². The van der Waals surface area contributed by atoms with Crippen molar-refractivity contribution in [1.82, 2.24) is 4.57 Å². The summed E-state index contributed by atoms with van der Waals surface area (Å²) in [7, 11) is 0. The van der Waals surface area contributed by atoms with Gasteiger partial charge in [-0.1, -0.05) is 133 Å². The van der Waals surface area contributed by atoms with Crippen molar-refractivity contribution in [1.29, 1.82) is 0 Å². The van der Waals surface area contributed by atoms with Gasteiger partial charge in [0.05, 0.1) is 22.4 Å². The van der Waals surface area contributed by atoms with E-state index in [-0.39, 0.29) is 20.7 Å². The Morgan fingerprint density at radius 1 is 0.549 bits per heavy atom. The molecule has 0 unspecified atom stereocenters. The number of rotatable bonds is 3. The molecule has 0 saturated heterocycles. The molecule has 4 heteroatoms. The molecule has 0 N–H and O–H groups in total. The van der Waals surface area contributed by atoms with Crippen LogP contribution < -0.4 is 0 Å². The van der Waals surface area contributed by atoms with Crippen molar-refractivity contribution in [2.75, 3.05) is 4.43 Å². The third kappa shape index (κ3) is 4.46. The Bertz CT molecular complexity index is 3120. The fourth-order valence-electron chi connectivity index (χ4n) is 8.12. The van der Waals surface area contributed by atoms with Crippen molar-refractivity contribution in [2.45, 2.75) is 0 Å². The fourth-order valence-corrected chi connectivity index (χ4v) is 12.5. The summed E-state index contributed by atoms with van der Waals surface area (Å²) < 4.78 is 7.64. The summed E-state index contributed by atoms with van der Waals surface area (Å²) in [5, 5.41) is 10.5. The predicted molar refractivity (Wildman–Crippen MR) is 230 cm³/mol. The number of thiophene rings is 1. The van der Waals surface area contributed by atoms with E-state index in [0.29, 0.717) is 0 Å². The average molecular weight is 781 g/mol. The lowest BCUT2D eigenvalue weighted by atomic mass is 9.97. The van der Waals surface area contributed by atoms with Crippen molar-refractivity contribution >= 4 is 110 Å². The van der Waals surface area contributed by atoms with Gasteiger partial charge in [0.2, 0.25) is 0 Å².